The quantitative estimate of drug-likeness (QED) is 0.778. The Bertz CT molecular complexity index is 416. The molecule has 0 aliphatic heterocycles. The summed E-state index contributed by atoms with van der Waals surface area (Å²) in [5.41, 5.74) is 7.87. The number of hydrogen-bond acceptors (Lipinski definition) is 3. The summed E-state index contributed by atoms with van der Waals surface area (Å²) in [6.07, 6.45) is 1.70. The highest BCUT2D eigenvalue weighted by Crippen LogP contribution is 2.22. The van der Waals surface area contributed by atoms with Gasteiger partial charge in [0.15, 0.2) is 0 Å². The van der Waals surface area contributed by atoms with E-state index >= 15 is 0 Å². The van der Waals surface area contributed by atoms with Gasteiger partial charge >= 0.3 is 0 Å². The molecule has 18 heavy (non-hydrogen) atoms. The third-order valence-corrected chi connectivity index (χ3v) is 4.12. The second-order valence-corrected chi connectivity index (χ2v) is 5.59. The van der Waals surface area contributed by atoms with Gasteiger partial charge < -0.3 is 5.73 Å². The monoisotopic (exact) mass is 332 g/mol. The van der Waals surface area contributed by atoms with E-state index in [1.54, 1.807) is 0 Å². The molecule has 0 aliphatic carbocycles. The van der Waals surface area contributed by atoms with E-state index in [0.29, 0.717) is 4.99 Å². The topological polar surface area (TPSA) is 47.1 Å². The molecule has 0 unspecified atom stereocenters. The van der Waals surface area contributed by atoms with Crippen LogP contribution in [0.1, 0.15) is 31.7 Å². The van der Waals surface area contributed by atoms with Crippen LogP contribution in [-0.4, -0.2) is 32.8 Å². The molecular formula is C12H21BrN4S. The highest BCUT2D eigenvalue weighted by Gasteiger charge is 2.15. The van der Waals surface area contributed by atoms with Crippen molar-refractivity contribution in [2.24, 2.45) is 12.8 Å². The zero-order valence-corrected chi connectivity index (χ0v) is 13.6. The van der Waals surface area contributed by atoms with Crippen molar-refractivity contribution in [3.05, 3.63) is 15.9 Å². The fourth-order valence-electron chi connectivity index (χ4n) is 1.82. The van der Waals surface area contributed by atoms with Crippen LogP contribution >= 0.6 is 28.1 Å². The van der Waals surface area contributed by atoms with Gasteiger partial charge in [-0.2, -0.15) is 5.10 Å². The van der Waals surface area contributed by atoms with Crippen LogP contribution in [-0.2, 0) is 20.0 Å². The van der Waals surface area contributed by atoms with Crippen LogP contribution in [0.15, 0.2) is 4.47 Å². The molecule has 1 aromatic rings. The summed E-state index contributed by atoms with van der Waals surface area (Å²) in [4.78, 5) is 2.90. The molecule has 0 aliphatic rings. The number of nitrogens with two attached hydrogens (primary N) is 1. The van der Waals surface area contributed by atoms with Crippen molar-refractivity contribution in [3.8, 4) is 0 Å². The Morgan fingerprint density at radius 3 is 2.61 bits per heavy atom. The predicted molar refractivity (Wildman–Crippen MR) is 82.6 cm³/mol. The highest BCUT2D eigenvalue weighted by molar-refractivity contribution is 9.10. The maximum Gasteiger partial charge on any atom is 0.0767 e. The minimum atomic E-state index is 0.576. The summed E-state index contributed by atoms with van der Waals surface area (Å²) in [5.74, 6) is 0. The van der Waals surface area contributed by atoms with Crippen LogP contribution in [0.5, 0.6) is 0 Å². The first-order valence-corrected chi connectivity index (χ1v) is 7.40. The predicted octanol–water partition coefficient (Wildman–Crippen LogP) is 2.24. The van der Waals surface area contributed by atoms with Crippen LogP contribution < -0.4 is 5.73 Å². The van der Waals surface area contributed by atoms with E-state index < -0.39 is 0 Å². The maximum atomic E-state index is 5.55. The smallest absolute Gasteiger partial charge is 0.0767 e. The first-order chi connectivity index (χ1) is 8.49. The Labute approximate surface area is 123 Å². The lowest BCUT2D eigenvalue weighted by Crippen LogP contribution is -2.28. The van der Waals surface area contributed by atoms with E-state index in [1.807, 2.05) is 11.7 Å². The second kappa shape index (κ2) is 7.21. The zero-order valence-electron chi connectivity index (χ0n) is 11.2. The molecule has 0 amide bonds. The molecule has 0 radical (unpaired) electrons. The molecule has 102 valence electrons. The van der Waals surface area contributed by atoms with Crippen LogP contribution in [0.4, 0.5) is 0 Å². The second-order valence-electron chi connectivity index (χ2n) is 4.27. The Morgan fingerprint density at radius 1 is 1.50 bits per heavy atom. The van der Waals surface area contributed by atoms with Crippen molar-refractivity contribution in [1.29, 1.82) is 0 Å². The molecule has 0 fully saturated rings. The molecule has 0 saturated heterocycles. The number of nitrogens with zero attached hydrogens (tertiary/aromatic N) is 3. The van der Waals surface area contributed by atoms with Crippen molar-refractivity contribution in [3.63, 3.8) is 0 Å². The normalized spacial score (nSPS) is 11.2. The highest BCUT2D eigenvalue weighted by atomic mass is 79.9. The van der Waals surface area contributed by atoms with E-state index in [2.05, 4.69) is 39.8 Å². The van der Waals surface area contributed by atoms with Crippen LogP contribution in [0.2, 0.25) is 0 Å². The summed E-state index contributed by atoms with van der Waals surface area (Å²) in [7, 11) is 1.99. The third kappa shape index (κ3) is 4.03. The van der Waals surface area contributed by atoms with Gasteiger partial charge in [0.25, 0.3) is 0 Å². The third-order valence-electron chi connectivity index (χ3n) is 3.00. The van der Waals surface area contributed by atoms with Gasteiger partial charge in [0.1, 0.15) is 0 Å². The molecule has 2 N–H and O–H groups in total. The summed E-state index contributed by atoms with van der Waals surface area (Å²) >= 11 is 8.56. The van der Waals surface area contributed by atoms with E-state index in [0.717, 1.165) is 42.6 Å². The first kappa shape index (κ1) is 15.6. The molecule has 0 bridgehead atoms. The zero-order chi connectivity index (χ0) is 13.7. The van der Waals surface area contributed by atoms with E-state index in [-0.39, 0.29) is 0 Å². The lowest BCUT2D eigenvalue weighted by Gasteiger charge is -2.20. The van der Waals surface area contributed by atoms with E-state index in [1.165, 1.54) is 5.69 Å². The van der Waals surface area contributed by atoms with Crippen molar-refractivity contribution in [2.45, 2.75) is 33.2 Å². The molecule has 0 atom stereocenters. The Balaban J connectivity index is 2.75. The van der Waals surface area contributed by atoms with E-state index in [9.17, 15) is 0 Å². The lowest BCUT2D eigenvalue weighted by atomic mass is 10.3. The van der Waals surface area contributed by atoms with Gasteiger partial charge in [0.2, 0.25) is 0 Å². The van der Waals surface area contributed by atoms with Crippen molar-refractivity contribution < 1.29 is 0 Å². The van der Waals surface area contributed by atoms with Crippen LogP contribution in [0, 0.1) is 0 Å². The fourth-order valence-corrected chi connectivity index (χ4v) is 2.65. The molecule has 0 aromatic carbocycles. The van der Waals surface area contributed by atoms with Gasteiger partial charge in [0, 0.05) is 26.6 Å². The van der Waals surface area contributed by atoms with Crippen LogP contribution in [0.25, 0.3) is 0 Å². The summed E-state index contributed by atoms with van der Waals surface area (Å²) in [5, 5.41) is 4.50. The number of rotatable bonds is 7. The lowest BCUT2D eigenvalue weighted by molar-refractivity contribution is 0.280. The average Bonchev–Trinajstić information content (AvgIpc) is 2.60. The van der Waals surface area contributed by atoms with Crippen molar-refractivity contribution in [2.75, 3.05) is 13.1 Å². The maximum absolute atomic E-state index is 5.55. The largest absolute Gasteiger partial charge is 0.393 e. The molecule has 4 nitrogen and oxygen atoms in total. The molecule has 1 rings (SSSR count). The number of thiocarbonyl (C=S) groups is 1. The van der Waals surface area contributed by atoms with Gasteiger partial charge in [-0.3, -0.25) is 9.58 Å². The summed E-state index contributed by atoms with van der Waals surface area (Å²) in [6.45, 7) is 6.99. The number of aromatic nitrogens is 2. The first-order valence-electron chi connectivity index (χ1n) is 6.20. The average molecular weight is 333 g/mol. The minimum absolute atomic E-state index is 0.576. The SMILES string of the molecule is CCc1nn(C)c(CN(CC)CCC(N)=S)c1Br. The minimum Gasteiger partial charge on any atom is -0.393 e. The van der Waals surface area contributed by atoms with Gasteiger partial charge in [-0.05, 0) is 28.9 Å². The Hall–Kier alpha value is -0.460. The molecular weight excluding hydrogens is 312 g/mol. The van der Waals surface area contributed by atoms with Gasteiger partial charge in [-0.1, -0.05) is 26.1 Å². The van der Waals surface area contributed by atoms with Gasteiger partial charge in [-0.15, -0.1) is 0 Å². The summed E-state index contributed by atoms with van der Waals surface area (Å²) in [6, 6.07) is 0. The van der Waals surface area contributed by atoms with Crippen LogP contribution in [0.3, 0.4) is 0 Å². The number of halogens is 1. The van der Waals surface area contributed by atoms with Gasteiger partial charge in [0.05, 0.1) is 20.8 Å². The molecule has 1 aromatic heterocycles. The molecule has 0 spiro atoms. The number of aryl methyl sites for hydroxylation is 2. The fraction of sp³-hybridized carbons (Fsp3) is 0.667. The van der Waals surface area contributed by atoms with Gasteiger partial charge in [-0.25, -0.2) is 0 Å². The molecule has 0 saturated carbocycles. The Morgan fingerprint density at radius 2 is 2.17 bits per heavy atom. The standard InChI is InChI=1S/C12H21BrN4S/c1-4-9-12(13)10(16(3)15-9)8-17(5-2)7-6-11(14)18/h4-8H2,1-3H3,(H2,14,18). The number of hydrogen-bond donors (Lipinski definition) is 1. The molecule has 1 heterocycles. The Kier molecular flexibility index (Phi) is 6.25. The van der Waals surface area contributed by atoms with E-state index in [4.69, 9.17) is 18.0 Å². The molecule has 6 heteroatoms. The summed E-state index contributed by atoms with van der Waals surface area (Å²) < 4.78 is 3.08. The van der Waals surface area contributed by atoms with Crippen molar-refractivity contribution in [1.82, 2.24) is 14.7 Å². The van der Waals surface area contributed by atoms with Crippen molar-refractivity contribution >= 4 is 33.1 Å².